The number of imidazole rings is 1. The molecule has 3 heterocycles. The number of aliphatic hydroxyl groups is 1. The minimum absolute atomic E-state index is 0.258. The first-order valence-corrected chi connectivity index (χ1v) is 9.99. The summed E-state index contributed by atoms with van der Waals surface area (Å²) >= 11 is 0. The van der Waals surface area contributed by atoms with Crippen LogP contribution in [0.15, 0.2) is 30.7 Å². The van der Waals surface area contributed by atoms with E-state index in [1.165, 1.54) is 0 Å². The zero-order valence-corrected chi connectivity index (χ0v) is 17.6. The first-order valence-electron chi connectivity index (χ1n) is 9.99. The molecule has 1 unspecified atom stereocenters. The number of esters is 1. The van der Waals surface area contributed by atoms with Crippen molar-refractivity contribution in [1.29, 1.82) is 5.26 Å². The molecule has 0 bridgehead atoms. The molecule has 1 aliphatic heterocycles. The highest BCUT2D eigenvalue weighted by molar-refractivity contribution is 5.93. The number of benzene rings is 1. The first kappa shape index (κ1) is 20.7. The Kier molecular flexibility index (Phi) is 5.55. The van der Waals surface area contributed by atoms with Gasteiger partial charge in [-0.3, -0.25) is 4.57 Å². The lowest BCUT2D eigenvalue weighted by molar-refractivity contribution is 0.0535. The number of nitriles is 1. The van der Waals surface area contributed by atoms with E-state index in [1.54, 1.807) is 18.5 Å². The molecule has 4 rings (SSSR count). The number of carbonyl (C=O) groups excluding carboxylic acids is 1. The van der Waals surface area contributed by atoms with E-state index < -0.39 is 6.10 Å². The number of hydrogen-bond donors (Lipinski definition) is 2. The average molecular weight is 417 g/mol. The van der Waals surface area contributed by atoms with Crippen molar-refractivity contribution in [3.05, 3.63) is 75.5 Å². The molecule has 8 nitrogen and oxygen atoms in total. The van der Waals surface area contributed by atoms with Gasteiger partial charge in [0.2, 0.25) is 0 Å². The molecule has 0 amide bonds. The van der Waals surface area contributed by atoms with Gasteiger partial charge in [-0.05, 0) is 49.6 Å². The number of rotatable bonds is 6. The van der Waals surface area contributed by atoms with Crippen molar-refractivity contribution in [2.24, 2.45) is 0 Å². The molecule has 1 atom stereocenters. The SMILES string of the molecule is Cc1cc(-n2cnc(CNCC(O)c3ccc4c(c3C)COC4=O)c2)nc(C)c1C#N. The Labute approximate surface area is 180 Å². The van der Waals surface area contributed by atoms with Crippen LogP contribution in [0.3, 0.4) is 0 Å². The van der Waals surface area contributed by atoms with Gasteiger partial charge in [0.25, 0.3) is 0 Å². The fourth-order valence-corrected chi connectivity index (χ4v) is 3.87. The van der Waals surface area contributed by atoms with Crippen LogP contribution in [-0.4, -0.2) is 32.2 Å². The largest absolute Gasteiger partial charge is 0.457 e. The number of aryl methyl sites for hydroxylation is 2. The summed E-state index contributed by atoms with van der Waals surface area (Å²) in [5.74, 6) is 0.397. The molecular formula is C23H23N5O3. The van der Waals surface area contributed by atoms with E-state index in [0.29, 0.717) is 35.7 Å². The summed E-state index contributed by atoms with van der Waals surface area (Å²) in [5.41, 5.74) is 6.05. The molecule has 2 aromatic heterocycles. The monoisotopic (exact) mass is 417 g/mol. The summed E-state index contributed by atoms with van der Waals surface area (Å²) in [7, 11) is 0. The number of ether oxygens (including phenoxy) is 1. The van der Waals surface area contributed by atoms with Crippen LogP contribution >= 0.6 is 0 Å². The zero-order chi connectivity index (χ0) is 22.1. The van der Waals surface area contributed by atoms with Crippen LogP contribution in [0.5, 0.6) is 0 Å². The van der Waals surface area contributed by atoms with Crippen molar-refractivity contribution < 1.29 is 14.6 Å². The van der Waals surface area contributed by atoms with E-state index in [2.05, 4.69) is 21.4 Å². The Morgan fingerprint density at radius 3 is 2.90 bits per heavy atom. The Morgan fingerprint density at radius 2 is 2.16 bits per heavy atom. The minimum Gasteiger partial charge on any atom is -0.457 e. The predicted octanol–water partition coefficient (Wildman–Crippen LogP) is 2.56. The fourth-order valence-electron chi connectivity index (χ4n) is 3.87. The van der Waals surface area contributed by atoms with E-state index in [0.717, 1.165) is 27.9 Å². The summed E-state index contributed by atoms with van der Waals surface area (Å²) in [6, 6.07) is 7.53. The van der Waals surface area contributed by atoms with Crippen LogP contribution in [0.4, 0.5) is 0 Å². The Bertz CT molecular complexity index is 1190. The van der Waals surface area contributed by atoms with E-state index in [4.69, 9.17) is 4.74 Å². The van der Waals surface area contributed by atoms with Crippen molar-refractivity contribution in [3.8, 4) is 11.9 Å². The van der Waals surface area contributed by atoms with E-state index in [1.807, 2.05) is 37.6 Å². The molecule has 31 heavy (non-hydrogen) atoms. The highest BCUT2D eigenvalue weighted by atomic mass is 16.5. The molecule has 0 radical (unpaired) electrons. The van der Waals surface area contributed by atoms with Crippen molar-refractivity contribution >= 4 is 5.97 Å². The van der Waals surface area contributed by atoms with Crippen LogP contribution in [-0.2, 0) is 17.9 Å². The summed E-state index contributed by atoms with van der Waals surface area (Å²) in [6.07, 6.45) is 2.84. The summed E-state index contributed by atoms with van der Waals surface area (Å²) in [5, 5.41) is 23.0. The van der Waals surface area contributed by atoms with Gasteiger partial charge in [0.05, 0.1) is 28.6 Å². The summed E-state index contributed by atoms with van der Waals surface area (Å²) < 4.78 is 6.89. The molecule has 1 aliphatic rings. The van der Waals surface area contributed by atoms with Gasteiger partial charge in [-0.15, -0.1) is 0 Å². The number of cyclic esters (lactones) is 1. The molecule has 1 aromatic carbocycles. The van der Waals surface area contributed by atoms with Gasteiger partial charge < -0.3 is 15.2 Å². The van der Waals surface area contributed by atoms with Crippen LogP contribution in [0.2, 0.25) is 0 Å². The average Bonchev–Trinajstić information content (AvgIpc) is 3.35. The maximum Gasteiger partial charge on any atom is 0.338 e. The lowest BCUT2D eigenvalue weighted by Gasteiger charge is -2.16. The second kappa shape index (κ2) is 8.30. The molecule has 0 fully saturated rings. The molecule has 0 spiro atoms. The molecular weight excluding hydrogens is 394 g/mol. The smallest absolute Gasteiger partial charge is 0.338 e. The van der Waals surface area contributed by atoms with Gasteiger partial charge in [-0.25, -0.2) is 14.8 Å². The minimum atomic E-state index is -0.714. The van der Waals surface area contributed by atoms with E-state index in [-0.39, 0.29) is 12.6 Å². The number of aromatic nitrogens is 3. The van der Waals surface area contributed by atoms with Gasteiger partial charge in [0, 0.05) is 24.8 Å². The third-order valence-electron chi connectivity index (χ3n) is 5.61. The van der Waals surface area contributed by atoms with Crippen LogP contribution in [0.1, 0.15) is 55.7 Å². The van der Waals surface area contributed by atoms with Crippen molar-refractivity contribution in [2.45, 2.75) is 40.0 Å². The number of hydrogen-bond acceptors (Lipinski definition) is 7. The summed E-state index contributed by atoms with van der Waals surface area (Å²) in [6.45, 7) is 6.68. The molecule has 8 heteroatoms. The number of nitrogens with one attached hydrogen (secondary N) is 1. The molecule has 0 saturated carbocycles. The Hall–Kier alpha value is -3.54. The normalized spacial score (nSPS) is 13.6. The topological polar surface area (TPSA) is 113 Å². The van der Waals surface area contributed by atoms with Crippen LogP contribution < -0.4 is 5.32 Å². The van der Waals surface area contributed by atoms with Crippen molar-refractivity contribution in [3.63, 3.8) is 0 Å². The Morgan fingerprint density at radius 1 is 1.35 bits per heavy atom. The van der Waals surface area contributed by atoms with Crippen molar-refractivity contribution in [2.75, 3.05) is 6.54 Å². The van der Waals surface area contributed by atoms with Gasteiger partial charge in [-0.1, -0.05) is 6.07 Å². The molecule has 158 valence electrons. The maximum absolute atomic E-state index is 11.7. The quantitative estimate of drug-likeness (QED) is 0.593. The van der Waals surface area contributed by atoms with Crippen LogP contribution in [0.25, 0.3) is 5.82 Å². The first-order chi connectivity index (χ1) is 14.9. The third kappa shape index (κ3) is 3.93. The second-order valence-electron chi connectivity index (χ2n) is 7.67. The standard InChI is InChI=1S/C23H23N5O3/c1-13-6-22(27-15(3)19(13)7-24)28-10-16(26-12-28)8-25-9-21(29)17-4-5-18-20(14(17)2)11-31-23(18)30/h4-6,10,12,21,25,29H,8-9,11H2,1-3H3. The molecule has 2 N–H and O–H groups in total. The zero-order valence-electron chi connectivity index (χ0n) is 17.6. The third-order valence-corrected chi connectivity index (χ3v) is 5.61. The van der Waals surface area contributed by atoms with Gasteiger partial charge in [-0.2, -0.15) is 5.26 Å². The number of pyridine rings is 1. The van der Waals surface area contributed by atoms with Gasteiger partial charge >= 0.3 is 5.97 Å². The molecule has 0 saturated heterocycles. The highest BCUT2D eigenvalue weighted by Gasteiger charge is 2.25. The maximum atomic E-state index is 11.7. The molecule has 0 aliphatic carbocycles. The Balaban J connectivity index is 1.40. The highest BCUT2D eigenvalue weighted by Crippen LogP contribution is 2.28. The summed E-state index contributed by atoms with van der Waals surface area (Å²) in [4.78, 5) is 20.6. The number of fused-ring (bicyclic) bond motifs is 1. The number of aliphatic hydroxyl groups excluding tert-OH is 1. The number of carbonyl (C=O) groups is 1. The van der Waals surface area contributed by atoms with E-state index >= 15 is 0 Å². The second-order valence-corrected chi connectivity index (χ2v) is 7.67. The number of nitrogens with zero attached hydrogens (tertiary/aromatic N) is 4. The van der Waals surface area contributed by atoms with E-state index in [9.17, 15) is 15.2 Å². The van der Waals surface area contributed by atoms with Crippen LogP contribution in [0, 0.1) is 32.1 Å². The van der Waals surface area contributed by atoms with Gasteiger partial charge in [0.1, 0.15) is 24.8 Å². The van der Waals surface area contributed by atoms with Gasteiger partial charge in [0.15, 0.2) is 0 Å². The molecule has 3 aromatic rings. The lowest BCUT2D eigenvalue weighted by atomic mass is 9.95. The predicted molar refractivity (Wildman–Crippen MR) is 113 cm³/mol. The van der Waals surface area contributed by atoms with Crippen molar-refractivity contribution in [1.82, 2.24) is 19.9 Å². The lowest BCUT2D eigenvalue weighted by Crippen LogP contribution is -2.22. The fraction of sp³-hybridized carbons (Fsp3) is 0.304.